The molecule has 1 saturated heterocycles. The van der Waals surface area contributed by atoms with Gasteiger partial charge in [-0.25, -0.2) is 0 Å². The van der Waals surface area contributed by atoms with Gasteiger partial charge in [0.2, 0.25) is 5.91 Å². The Hall–Kier alpha value is -1.35. The Kier molecular flexibility index (Phi) is 2.49. The molecule has 0 saturated carbocycles. The lowest BCUT2D eigenvalue weighted by atomic mass is 9.87. The molecule has 0 spiro atoms. The monoisotopic (exact) mass is 204 g/mol. The number of hydrogen-bond acceptors (Lipinski definition) is 2. The number of primary amides is 1. The molecular formula is C12H16N2O. The lowest BCUT2D eigenvalue weighted by Gasteiger charge is -2.26. The van der Waals surface area contributed by atoms with E-state index in [2.05, 4.69) is 12.2 Å². The van der Waals surface area contributed by atoms with Crippen molar-refractivity contribution in [3.63, 3.8) is 0 Å². The van der Waals surface area contributed by atoms with Crippen molar-refractivity contribution >= 4 is 5.91 Å². The number of hydrogen-bond donors (Lipinski definition) is 2. The predicted molar refractivity (Wildman–Crippen MR) is 59.5 cm³/mol. The van der Waals surface area contributed by atoms with E-state index < -0.39 is 0 Å². The van der Waals surface area contributed by atoms with Crippen LogP contribution in [0.25, 0.3) is 0 Å². The van der Waals surface area contributed by atoms with E-state index in [1.165, 1.54) is 0 Å². The molecule has 0 radical (unpaired) electrons. The van der Waals surface area contributed by atoms with Gasteiger partial charge in [-0.15, -0.1) is 0 Å². The van der Waals surface area contributed by atoms with E-state index in [0.29, 0.717) is 5.56 Å². The first-order valence-corrected chi connectivity index (χ1v) is 5.28. The standard InChI is InChI=1S/C12H16N2O/c1-12(7-4-8-14-12)10-6-3-2-5-9(10)11(13)15/h2-3,5-6,14H,4,7-8H2,1H3,(H2,13,15)/t12-/m0/s1. The van der Waals surface area contributed by atoms with Crippen LogP contribution in [0.15, 0.2) is 24.3 Å². The summed E-state index contributed by atoms with van der Waals surface area (Å²) in [5.41, 5.74) is 6.94. The predicted octanol–water partition coefficient (Wildman–Crippen LogP) is 1.38. The minimum absolute atomic E-state index is 0.0916. The Balaban J connectivity index is 2.47. The van der Waals surface area contributed by atoms with Crippen molar-refractivity contribution in [3.05, 3.63) is 35.4 Å². The molecule has 1 aliphatic rings. The molecule has 3 N–H and O–H groups in total. The molecule has 3 heteroatoms. The summed E-state index contributed by atoms with van der Waals surface area (Å²) in [5, 5.41) is 3.44. The zero-order valence-electron chi connectivity index (χ0n) is 8.92. The highest BCUT2D eigenvalue weighted by atomic mass is 16.1. The van der Waals surface area contributed by atoms with Crippen LogP contribution < -0.4 is 11.1 Å². The second-order valence-corrected chi connectivity index (χ2v) is 4.27. The van der Waals surface area contributed by atoms with Crippen molar-refractivity contribution in [2.24, 2.45) is 5.73 Å². The minimum atomic E-state index is -0.347. The van der Waals surface area contributed by atoms with Crippen LogP contribution in [-0.4, -0.2) is 12.5 Å². The molecule has 0 aliphatic carbocycles. The fourth-order valence-electron chi connectivity index (χ4n) is 2.30. The van der Waals surface area contributed by atoms with Gasteiger partial charge in [0.1, 0.15) is 0 Å². The second kappa shape index (κ2) is 3.66. The molecule has 0 bridgehead atoms. The van der Waals surface area contributed by atoms with Crippen molar-refractivity contribution in [3.8, 4) is 0 Å². The summed E-state index contributed by atoms with van der Waals surface area (Å²) in [4.78, 5) is 11.3. The fraction of sp³-hybridized carbons (Fsp3) is 0.417. The number of benzene rings is 1. The maximum absolute atomic E-state index is 11.3. The molecule has 15 heavy (non-hydrogen) atoms. The highest BCUT2D eigenvalue weighted by Gasteiger charge is 2.32. The summed E-state index contributed by atoms with van der Waals surface area (Å²) >= 11 is 0. The SMILES string of the molecule is C[C@@]1(c2ccccc2C(N)=O)CCCN1. The maximum atomic E-state index is 11.3. The summed E-state index contributed by atoms with van der Waals surface area (Å²) in [6, 6.07) is 7.58. The van der Waals surface area contributed by atoms with Crippen LogP contribution in [0.5, 0.6) is 0 Å². The van der Waals surface area contributed by atoms with Crippen LogP contribution in [-0.2, 0) is 5.54 Å². The van der Waals surface area contributed by atoms with Crippen molar-refractivity contribution in [2.45, 2.75) is 25.3 Å². The van der Waals surface area contributed by atoms with Gasteiger partial charge in [-0.3, -0.25) is 4.79 Å². The van der Waals surface area contributed by atoms with Crippen LogP contribution in [0.1, 0.15) is 35.7 Å². The lowest BCUT2D eigenvalue weighted by Crippen LogP contribution is -2.35. The molecule has 1 heterocycles. The molecule has 1 aliphatic heterocycles. The number of amides is 1. The Bertz CT molecular complexity index is 381. The third-order valence-electron chi connectivity index (χ3n) is 3.16. The summed E-state index contributed by atoms with van der Waals surface area (Å²) in [6.07, 6.45) is 2.20. The van der Waals surface area contributed by atoms with Crippen molar-refractivity contribution in [2.75, 3.05) is 6.54 Å². The normalized spacial score (nSPS) is 25.4. The third-order valence-corrected chi connectivity index (χ3v) is 3.16. The number of nitrogens with two attached hydrogens (primary N) is 1. The first-order chi connectivity index (χ1) is 7.13. The summed E-state index contributed by atoms with van der Waals surface area (Å²) in [5.74, 6) is -0.347. The Morgan fingerprint density at radius 1 is 1.47 bits per heavy atom. The average molecular weight is 204 g/mol. The first kappa shape index (κ1) is 10.2. The van der Waals surface area contributed by atoms with Crippen LogP contribution in [0.2, 0.25) is 0 Å². The van der Waals surface area contributed by atoms with E-state index in [4.69, 9.17) is 5.73 Å². The van der Waals surface area contributed by atoms with Gasteiger partial charge in [0, 0.05) is 11.1 Å². The van der Waals surface area contributed by atoms with Gasteiger partial charge in [-0.05, 0) is 37.9 Å². The van der Waals surface area contributed by atoms with E-state index in [-0.39, 0.29) is 11.4 Å². The van der Waals surface area contributed by atoms with Crippen molar-refractivity contribution < 1.29 is 4.79 Å². The van der Waals surface area contributed by atoms with E-state index in [0.717, 1.165) is 24.9 Å². The van der Waals surface area contributed by atoms with Crippen LogP contribution in [0, 0.1) is 0 Å². The molecule has 1 amide bonds. The number of carbonyl (C=O) groups is 1. The van der Waals surface area contributed by atoms with Gasteiger partial charge < -0.3 is 11.1 Å². The fourth-order valence-corrected chi connectivity index (χ4v) is 2.30. The molecule has 1 atom stereocenters. The van der Waals surface area contributed by atoms with Gasteiger partial charge in [-0.1, -0.05) is 18.2 Å². The molecule has 1 aromatic rings. The smallest absolute Gasteiger partial charge is 0.249 e. The highest BCUT2D eigenvalue weighted by Crippen LogP contribution is 2.32. The summed E-state index contributed by atoms with van der Waals surface area (Å²) in [7, 11) is 0. The molecule has 2 rings (SSSR count). The molecule has 80 valence electrons. The Morgan fingerprint density at radius 2 is 2.20 bits per heavy atom. The largest absolute Gasteiger partial charge is 0.366 e. The first-order valence-electron chi connectivity index (χ1n) is 5.28. The molecular weight excluding hydrogens is 188 g/mol. The summed E-state index contributed by atoms with van der Waals surface area (Å²) < 4.78 is 0. The number of rotatable bonds is 2. The van der Waals surface area contributed by atoms with Crippen LogP contribution in [0.4, 0.5) is 0 Å². The van der Waals surface area contributed by atoms with E-state index >= 15 is 0 Å². The van der Waals surface area contributed by atoms with Crippen LogP contribution in [0.3, 0.4) is 0 Å². The van der Waals surface area contributed by atoms with Gasteiger partial charge in [-0.2, -0.15) is 0 Å². The number of nitrogens with one attached hydrogen (secondary N) is 1. The molecule has 0 aromatic heterocycles. The van der Waals surface area contributed by atoms with Gasteiger partial charge in [0.15, 0.2) is 0 Å². The zero-order chi connectivity index (χ0) is 10.9. The molecule has 3 nitrogen and oxygen atoms in total. The van der Waals surface area contributed by atoms with E-state index in [9.17, 15) is 4.79 Å². The quantitative estimate of drug-likeness (QED) is 0.764. The molecule has 1 aromatic carbocycles. The lowest BCUT2D eigenvalue weighted by molar-refractivity contribution is 0.0997. The molecule has 0 unspecified atom stereocenters. The Labute approximate surface area is 89.7 Å². The van der Waals surface area contributed by atoms with E-state index in [1.54, 1.807) is 6.07 Å². The average Bonchev–Trinajstić information content (AvgIpc) is 2.66. The Morgan fingerprint density at radius 3 is 2.80 bits per heavy atom. The van der Waals surface area contributed by atoms with Crippen molar-refractivity contribution in [1.82, 2.24) is 5.32 Å². The van der Waals surface area contributed by atoms with Crippen LogP contribution >= 0.6 is 0 Å². The maximum Gasteiger partial charge on any atom is 0.249 e. The van der Waals surface area contributed by atoms with E-state index in [1.807, 2.05) is 18.2 Å². The van der Waals surface area contributed by atoms with Gasteiger partial charge in [0.05, 0.1) is 0 Å². The molecule has 1 fully saturated rings. The highest BCUT2D eigenvalue weighted by molar-refractivity contribution is 5.94. The third kappa shape index (κ3) is 1.75. The topological polar surface area (TPSA) is 55.1 Å². The van der Waals surface area contributed by atoms with Gasteiger partial charge in [0.25, 0.3) is 0 Å². The van der Waals surface area contributed by atoms with Gasteiger partial charge >= 0.3 is 0 Å². The second-order valence-electron chi connectivity index (χ2n) is 4.27. The van der Waals surface area contributed by atoms with Crippen molar-refractivity contribution in [1.29, 1.82) is 0 Å². The minimum Gasteiger partial charge on any atom is -0.366 e. The number of carbonyl (C=O) groups excluding carboxylic acids is 1. The zero-order valence-corrected chi connectivity index (χ0v) is 8.92. The summed E-state index contributed by atoms with van der Waals surface area (Å²) in [6.45, 7) is 3.13.